The number of methoxy groups -OCH3 is 2. The number of phenols is 1. The van der Waals surface area contributed by atoms with Gasteiger partial charge in [-0.05, 0) is 12.1 Å². The highest BCUT2D eigenvalue weighted by molar-refractivity contribution is 5.85. The van der Waals surface area contributed by atoms with Crippen molar-refractivity contribution >= 4 is 12.3 Å². The van der Waals surface area contributed by atoms with E-state index in [1.165, 1.54) is 20.4 Å². The third kappa shape index (κ3) is 2.88. The van der Waals surface area contributed by atoms with Crippen molar-refractivity contribution in [1.82, 2.24) is 5.43 Å². The number of rotatable bonds is 3. The van der Waals surface area contributed by atoms with Gasteiger partial charge in [0.1, 0.15) is 0 Å². The highest BCUT2D eigenvalue weighted by atomic mass is 16.5. The Morgan fingerprint density at radius 3 is 2.88 bits per heavy atom. The summed E-state index contributed by atoms with van der Waals surface area (Å²) < 4.78 is 9.22. The van der Waals surface area contributed by atoms with E-state index in [4.69, 9.17) is 4.74 Å². The molecule has 0 aliphatic carbocycles. The van der Waals surface area contributed by atoms with Gasteiger partial charge in [0, 0.05) is 5.56 Å². The lowest BCUT2D eigenvalue weighted by Crippen LogP contribution is -2.16. The molecule has 0 saturated heterocycles. The van der Waals surface area contributed by atoms with Crippen molar-refractivity contribution < 1.29 is 19.4 Å². The van der Waals surface area contributed by atoms with Crippen molar-refractivity contribution in [2.24, 2.45) is 5.10 Å². The Balaban J connectivity index is 2.77. The topological polar surface area (TPSA) is 80.2 Å². The maximum atomic E-state index is 10.7. The molecule has 0 saturated carbocycles. The molecule has 0 fully saturated rings. The molecule has 1 aromatic carbocycles. The summed E-state index contributed by atoms with van der Waals surface area (Å²) in [6.45, 7) is 0. The van der Waals surface area contributed by atoms with E-state index < -0.39 is 6.09 Å². The quantitative estimate of drug-likeness (QED) is 0.595. The molecule has 0 spiro atoms. The minimum atomic E-state index is -0.682. The van der Waals surface area contributed by atoms with Crippen LogP contribution in [0.1, 0.15) is 5.56 Å². The van der Waals surface area contributed by atoms with Crippen LogP contribution in [0.3, 0.4) is 0 Å². The first-order chi connectivity index (χ1) is 7.69. The standard InChI is InChI=1S/C10H12N2O4/c1-15-8-5-3-4-7(9(8)13)6-11-12-10(14)16-2/h3-6,13H,1-2H3,(H,12,14)/b11-6+. The van der Waals surface area contributed by atoms with Crippen LogP contribution in [0.15, 0.2) is 23.3 Å². The van der Waals surface area contributed by atoms with Crippen LogP contribution in [0.5, 0.6) is 11.5 Å². The summed E-state index contributed by atoms with van der Waals surface area (Å²) in [5.41, 5.74) is 2.53. The van der Waals surface area contributed by atoms with Crippen LogP contribution >= 0.6 is 0 Å². The molecular formula is C10H12N2O4. The Morgan fingerprint density at radius 1 is 1.50 bits per heavy atom. The summed E-state index contributed by atoms with van der Waals surface area (Å²) in [5.74, 6) is 0.294. The first-order valence-electron chi connectivity index (χ1n) is 4.42. The van der Waals surface area contributed by atoms with Crippen molar-refractivity contribution in [1.29, 1.82) is 0 Å². The number of amides is 1. The van der Waals surface area contributed by atoms with Crippen molar-refractivity contribution in [2.75, 3.05) is 14.2 Å². The molecule has 0 radical (unpaired) electrons. The van der Waals surface area contributed by atoms with Gasteiger partial charge in [0.2, 0.25) is 0 Å². The molecule has 1 rings (SSSR count). The Hall–Kier alpha value is -2.24. The fourth-order valence-corrected chi connectivity index (χ4v) is 1.01. The van der Waals surface area contributed by atoms with Gasteiger partial charge in [0.25, 0.3) is 0 Å². The predicted octanol–water partition coefficient (Wildman–Crippen LogP) is 1.09. The molecule has 0 unspecified atom stereocenters. The van der Waals surface area contributed by atoms with E-state index in [0.29, 0.717) is 11.3 Å². The van der Waals surface area contributed by atoms with E-state index in [-0.39, 0.29) is 5.75 Å². The molecule has 0 aliphatic heterocycles. The molecule has 0 aromatic heterocycles. The van der Waals surface area contributed by atoms with Gasteiger partial charge in [-0.2, -0.15) is 5.10 Å². The summed E-state index contributed by atoms with van der Waals surface area (Å²) in [4.78, 5) is 10.7. The molecule has 6 heteroatoms. The number of para-hydroxylation sites is 1. The van der Waals surface area contributed by atoms with Crippen LogP contribution in [0, 0.1) is 0 Å². The number of benzene rings is 1. The number of nitrogens with one attached hydrogen (secondary N) is 1. The highest BCUT2D eigenvalue weighted by Gasteiger charge is 2.04. The summed E-state index contributed by atoms with van der Waals surface area (Å²) in [6, 6.07) is 4.93. The molecule has 0 atom stereocenters. The van der Waals surface area contributed by atoms with Gasteiger partial charge in [-0.15, -0.1) is 0 Å². The number of ether oxygens (including phenoxy) is 2. The molecule has 86 valence electrons. The Bertz CT molecular complexity index is 404. The number of carbonyl (C=O) groups excluding carboxylic acids is 1. The fraction of sp³-hybridized carbons (Fsp3) is 0.200. The molecular weight excluding hydrogens is 212 g/mol. The highest BCUT2D eigenvalue weighted by Crippen LogP contribution is 2.27. The monoisotopic (exact) mass is 224 g/mol. The lowest BCUT2D eigenvalue weighted by molar-refractivity contribution is 0.171. The molecule has 0 bridgehead atoms. The largest absolute Gasteiger partial charge is 0.504 e. The summed E-state index contributed by atoms with van der Waals surface area (Å²) in [7, 11) is 2.68. The van der Waals surface area contributed by atoms with E-state index in [1.807, 2.05) is 0 Å². The van der Waals surface area contributed by atoms with Gasteiger partial charge in [-0.3, -0.25) is 0 Å². The maximum Gasteiger partial charge on any atom is 0.427 e. The molecule has 16 heavy (non-hydrogen) atoms. The second-order valence-corrected chi connectivity index (χ2v) is 2.76. The zero-order valence-electron chi connectivity index (χ0n) is 8.93. The van der Waals surface area contributed by atoms with Crippen LogP contribution in [0.2, 0.25) is 0 Å². The van der Waals surface area contributed by atoms with Crippen LogP contribution in [-0.4, -0.2) is 31.6 Å². The summed E-state index contributed by atoms with van der Waals surface area (Å²) in [6.07, 6.45) is 0.605. The van der Waals surface area contributed by atoms with E-state index in [9.17, 15) is 9.90 Å². The lowest BCUT2D eigenvalue weighted by Gasteiger charge is -2.04. The first kappa shape index (κ1) is 11.8. The van der Waals surface area contributed by atoms with Crippen molar-refractivity contribution in [3.05, 3.63) is 23.8 Å². The van der Waals surface area contributed by atoms with Gasteiger partial charge in [-0.25, -0.2) is 10.2 Å². The van der Waals surface area contributed by atoms with Gasteiger partial charge in [-0.1, -0.05) is 6.07 Å². The van der Waals surface area contributed by atoms with Crippen molar-refractivity contribution in [3.63, 3.8) is 0 Å². The Labute approximate surface area is 92.5 Å². The first-order valence-corrected chi connectivity index (χ1v) is 4.42. The second-order valence-electron chi connectivity index (χ2n) is 2.76. The van der Waals surface area contributed by atoms with Crippen LogP contribution in [0.4, 0.5) is 4.79 Å². The number of hydrogen-bond acceptors (Lipinski definition) is 5. The van der Waals surface area contributed by atoms with Crippen LogP contribution < -0.4 is 10.2 Å². The minimum Gasteiger partial charge on any atom is -0.504 e. The van der Waals surface area contributed by atoms with Gasteiger partial charge in [0.15, 0.2) is 11.5 Å². The average Bonchev–Trinajstić information content (AvgIpc) is 2.31. The zero-order chi connectivity index (χ0) is 12.0. The summed E-state index contributed by atoms with van der Waals surface area (Å²) in [5, 5.41) is 13.2. The number of carbonyl (C=O) groups is 1. The van der Waals surface area contributed by atoms with E-state index in [0.717, 1.165) is 0 Å². The molecule has 1 aromatic rings. The number of hydrazone groups is 1. The molecule has 6 nitrogen and oxygen atoms in total. The molecule has 2 N–H and O–H groups in total. The smallest absolute Gasteiger partial charge is 0.427 e. The maximum absolute atomic E-state index is 10.7. The van der Waals surface area contributed by atoms with E-state index >= 15 is 0 Å². The van der Waals surface area contributed by atoms with Crippen LogP contribution in [-0.2, 0) is 4.74 Å². The van der Waals surface area contributed by atoms with Gasteiger partial charge < -0.3 is 14.6 Å². The van der Waals surface area contributed by atoms with Gasteiger partial charge in [0.05, 0.1) is 20.4 Å². The predicted molar refractivity (Wildman–Crippen MR) is 57.8 cm³/mol. The average molecular weight is 224 g/mol. The Morgan fingerprint density at radius 2 is 2.25 bits per heavy atom. The van der Waals surface area contributed by atoms with Crippen LogP contribution in [0.25, 0.3) is 0 Å². The number of phenolic OH excluding ortho intramolecular Hbond substituents is 1. The molecule has 0 heterocycles. The normalized spacial score (nSPS) is 10.1. The lowest BCUT2D eigenvalue weighted by atomic mass is 10.2. The number of nitrogens with zero attached hydrogens (tertiary/aromatic N) is 1. The third-order valence-corrected chi connectivity index (χ3v) is 1.79. The van der Waals surface area contributed by atoms with E-state index in [2.05, 4.69) is 15.3 Å². The van der Waals surface area contributed by atoms with Crippen molar-refractivity contribution in [2.45, 2.75) is 0 Å². The van der Waals surface area contributed by atoms with E-state index in [1.54, 1.807) is 18.2 Å². The Kier molecular flexibility index (Phi) is 4.14. The third-order valence-electron chi connectivity index (χ3n) is 1.79. The number of aromatic hydroxyl groups is 1. The fourth-order valence-electron chi connectivity index (χ4n) is 1.01. The molecule has 1 amide bonds. The minimum absolute atomic E-state index is 0.0413. The SMILES string of the molecule is COC(=O)N/N=C/c1cccc(OC)c1O. The molecule has 0 aliphatic rings. The zero-order valence-corrected chi connectivity index (χ0v) is 8.93. The summed E-state index contributed by atoms with van der Waals surface area (Å²) >= 11 is 0. The van der Waals surface area contributed by atoms with Gasteiger partial charge >= 0.3 is 6.09 Å². The van der Waals surface area contributed by atoms with Crippen molar-refractivity contribution in [3.8, 4) is 11.5 Å². The second kappa shape index (κ2) is 5.59. The number of hydrogen-bond donors (Lipinski definition) is 2.